The van der Waals surface area contributed by atoms with Crippen molar-refractivity contribution in [2.75, 3.05) is 6.54 Å². The van der Waals surface area contributed by atoms with E-state index in [1.165, 1.54) is 12.0 Å². The summed E-state index contributed by atoms with van der Waals surface area (Å²) >= 11 is 0. The molecule has 0 saturated heterocycles. The van der Waals surface area contributed by atoms with Crippen molar-refractivity contribution in [2.24, 2.45) is 5.92 Å². The molecule has 0 spiro atoms. The molecule has 0 radical (unpaired) electrons. The summed E-state index contributed by atoms with van der Waals surface area (Å²) in [5.74, 6) is 0.441. The molecular formula is C22H28N2O2. The Balaban J connectivity index is 1.56. The number of unbranched alkanes of at least 4 members (excludes halogenated alkanes) is 2. The van der Waals surface area contributed by atoms with Gasteiger partial charge < -0.3 is 9.73 Å². The zero-order valence-electron chi connectivity index (χ0n) is 15.7. The van der Waals surface area contributed by atoms with E-state index in [0.717, 1.165) is 36.8 Å². The van der Waals surface area contributed by atoms with Gasteiger partial charge in [0.25, 0.3) is 0 Å². The molecule has 2 rings (SSSR count). The van der Waals surface area contributed by atoms with Gasteiger partial charge in [-0.15, -0.1) is 0 Å². The summed E-state index contributed by atoms with van der Waals surface area (Å²) in [6.45, 7) is 4.87. The molecule has 0 atom stereocenters. The van der Waals surface area contributed by atoms with Crippen molar-refractivity contribution in [1.29, 1.82) is 0 Å². The van der Waals surface area contributed by atoms with Gasteiger partial charge in [-0.2, -0.15) is 0 Å². The Labute approximate surface area is 155 Å². The molecule has 1 aromatic carbocycles. The maximum Gasteiger partial charge on any atom is 0.243 e. The number of hydrogen-bond acceptors (Lipinski definition) is 3. The molecule has 0 aliphatic rings. The van der Waals surface area contributed by atoms with E-state index < -0.39 is 0 Å². The number of hydrogen-bond donors (Lipinski definition) is 1. The van der Waals surface area contributed by atoms with E-state index in [4.69, 9.17) is 4.42 Å². The molecule has 4 heteroatoms. The average Bonchev–Trinajstić information content (AvgIpc) is 3.09. The highest BCUT2D eigenvalue weighted by Crippen LogP contribution is 2.14. The molecule has 1 aromatic heterocycles. The van der Waals surface area contributed by atoms with Crippen LogP contribution in [0.25, 0.3) is 11.1 Å². The van der Waals surface area contributed by atoms with Crippen molar-refractivity contribution >= 4 is 17.0 Å². The van der Waals surface area contributed by atoms with Crippen LogP contribution < -0.4 is 5.32 Å². The number of carbonyl (C=O) groups excluding carboxylic acids is 1. The van der Waals surface area contributed by atoms with E-state index in [-0.39, 0.29) is 5.91 Å². The van der Waals surface area contributed by atoms with E-state index in [1.807, 2.05) is 12.1 Å². The minimum absolute atomic E-state index is 0.0323. The van der Waals surface area contributed by atoms with Crippen molar-refractivity contribution < 1.29 is 9.21 Å². The van der Waals surface area contributed by atoms with Crippen LogP contribution >= 0.6 is 0 Å². The standard InChI is InChI=1S/C22H28N2O2/c1-18(2)16-23-22(25)12-10-8-6-4-3-5-7-9-11-19-13-14-21-20(15-19)24-17-26-21/h6-10,12-15,17-18H,3-5,11,16H2,1-2H3,(H,23,25)/b8-6+,9-7+,12-10+. The molecule has 2 aromatic rings. The first-order chi connectivity index (χ1) is 12.6. The van der Waals surface area contributed by atoms with E-state index >= 15 is 0 Å². The number of nitrogens with one attached hydrogen (secondary N) is 1. The van der Waals surface area contributed by atoms with Crippen LogP contribution in [-0.2, 0) is 11.2 Å². The molecule has 0 unspecified atom stereocenters. The predicted molar refractivity (Wildman–Crippen MR) is 107 cm³/mol. The quantitative estimate of drug-likeness (QED) is 0.284. The molecule has 0 saturated carbocycles. The lowest BCUT2D eigenvalue weighted by Crippen LogP contribution is -2.25. The highest BCUT2D eigenvalue weighted by molar-refractivity contribution is 5.87. The van der Waals surface area contributed by atoms with Gasteiger partial charge in [0.05, 0.1) is 0 Å². The Morgan fingerprint density at radius 1 is 1.19 bits per heavy atom. The summed E-state index contributed by atoms with van der Waals surface area (Å²) in [5, 5.41) is 2.85. The number of allylic oxidation sites excluding steroid dienone is 5. The fourth-order valence-corrected chi connectivity index (χ4v) is 2.40. The van der Waals surface area contributed by atoms with E-state index in [2.05, 4.69) is 54.5 Å². The SMILES string of the molecule is CC(C)CNC(=O)/C=C/C=C/CCC/C=C/Cc1ccc2ocnc2c1. The molecule has 4 nitrogen and oxygen atoms in total. The van der Waals surface area contributed by atoms with E-state index in [1.54, 1.807) is 12.2 Å². The smallest absolute Gasteiger partial charge is 0.243 e. The average molecular weight is 352 g/mol. The third kappa shape index (κ3) is 7.51. The van der Waals surface area contributed by atoms with Gasteiger partial charge in [0.15, 0.2) is 12.0 Å². The Morgan fingerprint density at radius 3 is 2.88 bits per heavy atom. The molecular weight excluding hydrogens is 324 g/mol. The van der Waals surface area contributed by atoms with Crippen molar-refractivity contribution in [1.82, 2.24) is 10.3 Å². The number of carbonyl (C=O) groups is 1. The number of oxazole rings is 1. The molecule has 1 N–H and O–H groups in total. The van der Waals surface area contributed by atoms with Crippen molar-refractivity contribution in [3.8, 4) is 0 Å². The molecule has 0 aliphatic heterocycles. The van der Waals surface area contributed by atoms with Crippen LogP contribution in [0, 0.1) is 5.92 Å². The number of nitrogens with zero attached hydrogens (tertiary/aromatic N) is 1. The lowest BCUT2D eigenvalue weighted by molar-refractivity contribution is -0.116. The third-order valence-electron chi connectivity index (χ3n) is 3.84. The number of fused-ring (bicyclic) bond motifs is 1. The number of benzene rings is 1. The second-order valence-corrected chi connectivity index (χ2v) is 6.69. The van der Waals surface area contributed by atoms with Crippen molar-refractivity contribution in [3.05, 3.63) is 66.6 Å². The van der Waals surface area contributed by atoms with Crippen LogP contribution in [0.4, 0.5) is 0 Å². The van der Waals surface area contributed by atoms with Gasteiger partial charge in [0.2, 0.25) is 5.91 Å². The van der Waals surface area contributed by atoms with Crippen molar-refractivity contribution in [3.63, 3.8) is 0 Å². The third-order valence-corrected chi connectivity index (χ3v) is 3.84. The summed E-state index contributed by atoms with van der Waals surface area (Å²) in [6.07, 6.45) is 17.4. The molecule has 0 fully saturated rings. The zero-order valence-corrected chi connectivity index (χ0v) is 15.7. The zero-order chi connectivity index (χ0) is 18.6. The van der Waals surface area contributed by atoms with Crippen LogP contribution in [0.3, 0.4) is 0 Å². The van der Waals surface area contributed by atoms with Gasteiger partial charge in [-0.1, -0.05) is 50.3 Å². The lowest BCUT2D eigenvalue weighted by atomic mass is 10.1. The Bertz CT molecular complexity index is 769. The van der Waals surface area contributed by atoms with Crippen LogP contribution in [-0.4, -0.2) is 17.4 Å². The van der Waals surface area contributed by atoms with Gasteiger partial charge in [0.1, 0.15) is 5.52 Å². The van der Waals surface area contributed by atoms with Crippen LogP contribution in [0.2, 0.25) is 0 Å². The summed E-state index contributed by atoms with van der Waals surface area (Å²) in [5.41, 5.74) is 2.98. The van der Waals surface area contributed by atoms with Crippen molar-refractivity contribution in [2.45, 2.75) is 39.5 Å². The molecule has 0 bridgehead atoms. The fraction of sp³-hybridized carbons (Fsp3) is 0.364. The highest BCUT2D eigenvalue weighted by atomic mass is 16.3. The first-order valence-electron chi connectivity index (χ1n) is 9.23. The minimum Gasteiger partial charge on any atom is -0.443 e. The highest BCUT2D eigenvalue weighted by Gasteiger charge is 1.98. The number of aromatic nitrogens is 1. The van der Waals surface area contributed by atoms with Crippen LogP contribution in [0.1, 0.15) is 38.7 Å². The van der Waals surface area contributed by atoms with E-state index in [9.17, 15) is 4.79 Å². The maximum absolute atomic E-state index is 11.5. The largest absolute Gasteiger partial charge is 0.443 e. The summed E-state index contributed by atoms with van der Waals surface area (Å²) in [7, 11) is 0. The minimum atomic E-state index is -0.0323. The summed E-state index contributed by atoms with van der Waals surface area (Å²) in [6, 6.07) is 6.10. The second kappa shape index (κ2) is 11.1. The van der Waals surface area contributed by atoms with Gasteiger partial charge >= 0.3 is 0 Å². The van der Waals surface area contributed by atoms with Gasteiger partial charge in [0, 0.05) is 12.6 Å². The second-order valence-electron chi connectivity index (χ2n) is 6.69. The fourth-order valence-electron chi connectivity index (χ4n) is 2.40. The monoisotopic (exact) mass is 352 g/mol. The normalized spacial score (nSPS) is 12.3. The molecule has 138 valence electrons. The topological polar surface area (TPSA) is 55.1 Å². The number of rotatable bonds is 10. The van der Waals surface area contributed by atoms with Gasteiger partial charge in [-0.05, 0) is 49.3 Å². The lowest BCUT2D eigenvalue weighted by Gasteiger charge is -2.03. The van der Waals surface area contributed by atoms with Crippen LogP contribution in [0.15, 0.2) is 65.5 Å². The Morgan fingerprint density at radius 2 is 2.04 bits per heavy atom. The molecule has 0 aliphatic carbocycles. The first kappa shape index (κ1) is 19.7. The molecule has 1 amide bonds. The summed E-state index contributed by atoms with van der Waals surface area (Å²) in [4.78, 5) is 15.7. The molecule has 26 heavy (non-hydrogen) atoms. The Hall–Kier alpha value is -2.62. The van der Waals surface area contributed by atoms with Gasteiger partial charge in [-0.3, -0.25) is 4.79 Å². The predicted octanol–water partition coefficient (Wildman–Crippen LogP) is 4.98. The Kier molecular flexibility index (Phi) is 8.40. The maximum atomic E-state index is 11.5. The van der Waals surface area contributed by atoms with Gasteiger partial charge in [-0.25, -0.2) is 4.98 Å². The summed E-state index contributed by atoms with van der Waals surface area (Å²) < 4.78 is 5.24. The first-order valence-corrected chi connectivity index (χ1v) is 9.23. The van der Waals surface area contributed by atoms with Crippen LogP contribution in [0.5, 0.6) is 0 Å². The molecule has 1 heterocycles. The number of amides is 1. The van der Waals surface area contributed by atoms with E-state index in [0.29, 0.717) is 12.5 Å².